The Kier molecular flexibility index (Phi) is 3.78. The van der Waals surface area contributed by atoms with Crippen LogP contribution in [0, 0.1) is 0 Å². The van der Waals surface area contributed by atoms with Gasteiger partial charge in [-0.2, -0.15) is 8.78 Å². The molecule has 0 fully saturated rings. The Bertz CT molecular complexity index is 275. The van der Waals surface area contributed by atoms with Gasteiger partial charge in [0.15, 0.2) is 0 Å². The highest BCUT2D eigenvalue weighted by molar-refractivity contribution is 14.2. The highest BCUT2D eigenvalue weighted by atomic mass is 127. The zero-order chi connectivity index (χ0) is 9.14. The fourth-order valence-corrected chi connectivity index (χ4v) is 3.49. The minimum atomic E-state index is -2.78. The molecule has 0 amide bonds. The molecular formula is C6H5BrF2INO. The fraction of sp³-hybridized carbons (Fsp3) is 0.167. The van der Waals surface area contributed by atoms with Gasteiger partial charge in [0.2, 0.25) is 0 Å². The Morgan fingerprint density at radius 2 is 2.25 bits per heavy atom. The molecule has 1 heterocycles. The summed E-state index contributed by atoms with van der Waals surface area (Å²) in [5.74, 6) is 0.187. The van der Waals surface area contributed by atoms with Crippen LogP contribution in [0.2, 0.25) is 0 Å². The Morgan fingerprint density at radius 3 is 2.75 bits per heavy atom. The highest BCUT2D eigenvalue weighted by Gasteiger charge is 2.12. The van der Waals surface area contributed by atoms with Crippen LogP contribution in [0.3, 0.4) is 0 Å². The topological polar surface area (TPSA) is 35.2 Å². The van der Waals surface area contributed by atoms with E-state index in [4.69, 9.17) is 5.73 Å². The van der Waals surface area contributed by atoms with Crippen molar-refractivity contribution in [3.63, 3.8) is 0 Å². The lowest BCUT2D eigenvalue weighted by atomic mass is 10.4. The van der Waals surface area contributed by atoms with E-state index in [9.17, 15) is 8.78 Å². The number of halogens is 4. The standard InChI is InChI=1S/C6H5BrF2INO/c7-3-1-5(11)10-2-4(3)12-6(8)9/h1-2,6H,11H2. The molecule has 0 spiro atoms. The second-order valence-electron chi connectivity index (χ2n) is 1.84. The molecule has 0 bridgehead atoms. The molecule has 1 aliphatic heterocycles. The Balaban J connectivity index is 2.75. The first-order chi connectivity index (χ1) is 5.59. The quantitative estimate of drug-likeness (QED) is 0.775. The third-order valence-corrected chi connectivity index (χ3v) is 3.52. The molecule has 2 nitrogen and oxygen atoms in total. The molecule has 0 radical (unpaired) electrons. The van der Waals surface area contributed by atoms with Crippen molar-refractivity contribution in [2.45, 2.75) is 6.61 Å². The van der Waals surface area contributed by atoms with Gasteiger partial charge in [0.25, 0.3) is 0 Å². The van der Waals surface area contributed by atoms with E-state index < -0.39 is 27.3 Å². The maximum absolute atomic E-state index is 11.8. The van der Waals surface area contributed by atoms with E-state index in [0.29, 0.717) is 4.48 Å². The van der Waals surface area contributed by atoms with Crippen LogP contribution < -0.4 is 5.73 Å². The molecule has 0 saturated heterocycles. The van der Waals surface area contributed by atoms with Crippen molar-refractivity contribution >= 4 is 40.3 Å². The van der Waals surface area contributed by atoms with Crippen LogP contribution in [0.15, 0.2) is 20.4 Å². The van der Waals surface area contributed by atoms with E-state index in [1.807, 2.05) is 0 Å². The normalized spacial score (nSPS) is 17.6. The second-order valence-corrected chi connectivity index (χ2v) is 5.18. The number of hydrogen-bond acceptors (Lipinski definition) is 2. The summed E-state index contributed by atoms with van der Waals surface area (Å²) in [6.45, 7) is -2.78. The molecule has 2 N–H and O–H groups in total. The largest absolute Gasteiger partial charge is 0.433 e. The fourth-order valence-electron chi connectivity index (χ4n) is 0.566. The Hall–Kier alpha value is 0.180. The molecular weight excluding hydrogens is 347 g/mol. The number of hydrogen-bond donors (Lipinski definition) is 1. The lowest BCUT2D eigenvalue weighted by molar-refractivity contribution is -0.0919. The van der Waals surface area contributed by atoms with Gasteiger partial charge >= 0.3 is 6.61 Å². The van der Waals surface area contributed by atoms with Crippen LogP contribution in [0.5, 0.6) is 0 Å². The van der Waals surface area contributed by atoms with Gasteiger partial charge in [0, 0.05) is 7.72 Å². The molecule has 68 valence electrons. The molecule has 0 aromatic heterocycles. The van der Waals surface area contributed by atoms with Gasteiger partial charge in [0.05, 0.1) is 4.48 Å². The van der Waals surface area contributed by atoms with E-state index in [0.717, 1.165) is 3.63 Å². The van der Waals surface area contributed by atoms with Gasteiger partial charge in [-0.05, 0) is 22.0 Å². The van der Waals surface area contributed by atoms with Crippen molar-refractivity contribution in [1.29, 1.82) is 0 Å². The van der Waals surface area contributed by atoms with Crippen molar-refractivity contribution in [3.8, 4) is 0 Å². The first kappa shape index (κ1) is 10.3. The third kappa shape index (κ3) is 2.91. The van der Waals surface area contributed by atoms with Crippen LogP contribution in [-0.4, -0.2) is 10.2 Å². The lowest BCUT2D eigenvalue weighted by Crippen LogP contribution is -2.08. The molecule has 6 heteroatoms. The smallest absolute Gasteiger partial charge is 0.387 e. The van der Waals surface area contributed by atoms with E-state index in [1.54, 1.807) is 10.2 Å². The van der Waals surface area contributed by atoms with Crippen molar-refractivity contribution in [2.24, 2.45) is 5.73 Å². The molecule has 0 aromatic carbocycles. The number of ether oxygens (including phenoxy) is 1. The predicted molar refractivity (Wildman–Crippen MR) is 55.4 cm³/mol. The summed E-state index contributed by atoms with van der Waals surface area (Å²) < 4.78 is 30.5. The molecule has 0 atom stereocenters. The summed E-state index contributed by atoms with van der Waals surface area (Å²) in [4.78, 5) is 0. The number of alkyl halides is 2. The van der Waals surface area contributed by atoms with Crippen LogP contribution >= 0.6 is 36.7 Å². The summed E-state index contributed by atoms with van der Waals surface area (Å²) in [6, 6.07) is 0. The van der Waals surface area contributed by atoms with Crippen LogP contribution in [0.4, 0.5) is 8.78 Å². The summed E-state index contributed by atoms with van der Waals surface area (Å²) in [7, 11) is 0. The van der Waals surface area contributed by atoms with Gasteiger partial charge < -0.3 is 4.74 Å². The Labute approximate surface area is 86.3 Å². The third-order valence-electron chi connectivity index (χ3n) is 0.996. The minimum Gasteiger partial charge on any atom is -0.433 e. The first-order valence-corrected chi connectivity index (χ1v) is 5.99. The zero-order valence-electron chi connectivity index (χ0n) is 5.73. The van der Waals surface area contributed by atoms with Crippen molar-refractivity contribution < 1.29 is 13.5 Å². The predicted octanol–water partition coefficient (Wildman–Crippen LogP) is 2.42. The highest BCUT2D eigenvalue weighted by Crippen LogP contribution is 2.27. The van der Waals surface area contributed by atoms with Crippen molar-refractivity contribution in [2.75, 3.05) is 0 Å². The van der Waals surface area contributed by atoms with Crippen LogP contribution in [0.25, 0.3) is 0 Å². The lowest BCUT2D eigenvalue weighted by Gasteiger charge is -2.10. The van der Waals surface area contributed by atoms with E-state index >= 15 is 0 Å². The number of rotatable bonds is 2. The molecule has 12 heavy (non-hydrogen) atoms. The maximum atomic E-state index is 11.8. The summed E-state index contributed by atoms with van der Waals surface area (Å²) in [6.07, 6.45) is 1.60. The summed E-state index contributed by atoms with van der Waals surface area (Å²) >= 11 is 2.60. The van der Waals surface area contributed by atoms with Gasteiger partial charge in [-0.25, -0.2) is 0 Å². The maximum Gasteiger partial charge on any atom is 0.387 e. The van der Waals surface area contributed by atoms with Gasteiger partial charge in [-0.15, -0.1) is 0 Å². The van der Waals surface area contributed by atoms with E-state index in [2.05, 4.69) is 20.7 Å². The SMILES string of the molecule is NC1=IC=C(OC(F)F)C(Br)=C1. The van der Waals surface area contributed by atoms with Crippen LogP contribution in [-0.2, 0) is 4.74 Å². The van der Waals surface area contributed by atoms with Crippen molar-refractivity contribution in [3.05, 3.63) is 20.4 Å². The van der Waals surface area contributed by atoms with Crippen LogP contribution in [0.1, 0.15) is 0 Å². The van der Waals surface area contributed by atoms with Gasteiger partial charge in [-0.3, -0.25) is 5.73 Å². The summed E-state index contributed by atoms with van der Waals surface area (Å²) in [5, 5.41) is 0. The molecule has 0 saturated carbocycles. The van der Waals surface area contributed by atoms with Gasteiger partial charge in [0.1, 0.15) is 5.76 Å². The molecule has 0 aromatic rings. The van der Waals surface area contributed by atoms with Crippen molar-refractivity contribution in [1.82, 2.24) is 0 Å². The number of allylic oxidation sites excluding steroid dienone is 1. The zero-order valence-corrected chi connectivity index (χ0v) is 9.47. The van der Waals surface area contributed by atoms with Gasteiger partial charge in [-0.1, -0.05) is 20.7 Å². The molecule has 1 rings (SSSR count). The monoisotopic (exact) mass is 351 g/mol. The van der Waals surface area contributed by atoms with E-state index in [-0.39, 0.29) is 5.76 Å². The average molecular weight is 352 g/mol. The number of nitrogens with two attached hydrogens (primary N) is 1. The first-order valence-electron chi connectivity index (χ1n) is 2.88. The molecule has 0 aliphatic carbocycles. The summed E-state index contributed by atoms with van der Waals surface area (Å²) in [5.41, 5.74) is 5.49. The second kappa shape index (κ2) is 4.43. The Morgan fingerprint density at radius 1 is 1.58 bits per heavy atom. The average Bonchev–Trinajstić information content (AvgIpc) is 1.94. The molecule has 1 aliphatic rings. The molecule has 0 unspecified atom stereocenters. The van der Waals surface area contributed by atoms with E-state index in [1.165, 1.54) is 0 Å². The minimum absolute atomic E-state index is 0.187.